The van der Waals surface area contributed by atoms with Gasteiger partial charge < -0.3 is 30.8 Å². The largest absolute Gasteiger partial charge is 0.461 e. The van der Waals surface area contributed by atoms with Gasteiger partial charge in [0.05, 0.1) is 5.55 Å². The van der Waals surface area contributed by atoms with Crippen molar-refractivity contribution in [1.29, 1.82) is 0 Å². The van der Waals surface area contributed by atoms with Gasteiger partial charge in [-0.05, 0) is 27.8 Å². The van der Waals surface area contributed by atoms with E-state index in [9.17, 15) is 19.2 Å². The number of amides is 2. The first kappa shape index (κ1) is 46.3. The smallest absolute Gasteiger partial charge is 0.356 e. The predicted octanol–water partition coefficient (Wildman–Crippen LogP) is 7.45. The monoisotopic (exact) mass is 951 g/mol. The maximum absolute atomic E-state index is 14.4. The normalized spacial score (nSPS) is 16.0. The van der Waals surface area contributed by atoms with Gasteiger partial charge in [0.1, 0.15) is 41.6 Å². The van der Waals surface area contributed by atoms with Crippen LogP contribution in [-0.4, -0.2) is 81.0 Å². The number of nitrogens with one attached hydrogen (secondary N) is 2. The molecule has 3 heterocycles. The molecule has 0 radical (unpaired) electrons. The van der Waals surface area contributed by atoms with Crippen molar-refractivity contribution in [2.45, 2.75) is 30.0 Å². The maximum atomic E-state index is 14.4. The molecule has 0 spiro atoms. The quantitative estimate of drug-likeness (QED) is 0.0107. The number of benzene rings is 5. The van der Waals surface area contributed by atoms with Gasteiger partial charge in [-0.2, -0.15) is 5.10 Å². The second-order valence-corrected chi connectivity index (χ2v) is 18.0. The number of hydrogen-bond donors (Lipinski definition) is 3. The molecule has 340 valence electrons. The minimum absolute atomic E-state index is 0.0398. The zero-order chi connectivity index (χ0) is 46.6. The first-order valence-corrected chi connectivity index (χ1v) is 24.1. The van der Waals surface area contributed by atoms with E-state index in [0.29, 0.717) is 16.5 Å². The number of rotatable bonds is 19. The van der Waals surface area contributed by atoms with Crippen LogP contribution in [0.3, 0.4) is 0 Å². The van der Waals surface area contributed by atoms with Crippen LogP contribution < -0.4 is 16.5 Å². The molecule has 67 heavy (non-hydrogen) atoms. The van der Waals surface area contributed by atoms with Crippen LogP contribution in [0.25, 0.3) is 0 Å². The summed E-state index contributed by atoms with van der Waals surface area (Å²) >= 11 is 3.89. The third kappa shape index (κ3) is 10.4. The molecule has 1 unspecified atom stereocenters. The second kappa shape index (κ2) is 21.9. The van der Waals surface area contributed by atoms with E-state index in [1.54, 1.807) is 5.38 Å². The zero-order valence-corrected chi connectivity index (χ0v) is 38.5. The summed E-state index contributed by atoms with van der Waals surface area (Å²) in [5, 5.41) is 15.8. The molecule has 6 aromatic rings. The van der Waals surface area contributed by atoms with Crippen LogP contribution in [0.4, 0.5) is 5.13 Å². The Hall–Kier alpha value is -7.21. The highest BCUT2D eigenvalue weighted by atomic mass is 32.2. The van der Waals surface area contributed by atoms with Crippen LogP contribution in [0.5, 0.6) is 0 Å². The number of β-lactam (4-membered cyclic amide) rings is 1. The fourth-order valence-electron chi connectivity index (χ4n) is 7.81. The Kier molecular flexibility index (Phi) is 15.1. The Morgan fingerprint density at radius 2 is 1.42 bits per heavy atom. The van der Waals surface area contributed by atoms with Crippen molar-refractivity contribution in [1.82, 2.24) is 15.2 Å². The number of anilines is 1. The number of carbonyl (C=O) groups is 4. The molecule has 1 fully saturated rings. The number of thiazole rings is 1. The average Bonchev–Trinajstić information content (AvgIpc) is 3.84. The minimum Gasteiger partial charge on any atom is -0.461 e. The van der Waals surface area contributed by atoms with Crippen molar-refractivity contribution in [3.8, 4) is 0 Å². The number of esters is 2. The molecular weight excluding hydrogens is 907 g/mol. The van der Waals surface area contributed by atoms with Crippen molar-refractivity contribution in [3.05, 3.63) is 202 Å². The van der Waals surface area contributed by atoms with Gasteiger partial charge in [0.15, 0.2) is 16.9 Å². The van der Waals surface area contributed by atoms with Crippen LogP contribution in [0, 0.1) is 0 Å². The second-order valence-electron chi connectivity index (χ2n) is 15.1. The molecule has 2 aliphatic rings. The van der Waals surface area contributed by atoms with Gasteiger partial charge in [0.2, 0.25) is 0 Å². The van der Waals surface area contributed by atoms with Crippen molar-refractivity contribution in [3.63, 3.8) is 0 Å². The Balaban J connectivity index is 1.08. The van der Waals surface area contributed by atoms with E-state index in [1.807, 2.05) is 115 Å². The number of aromatic nitrogens is 1. The lowest BCUT2D eigenvalue weighted by atomic mass is 9.77. The summed E-state index contributed by atoms with van der Waals surface area (Å²) in [6.07, 6.45) is -0.812. The van der Waals surface area contributed by atoms with Gasteiger partial charge in [-0.3, -0.25) is 19.3 Å². The number of oxime groups is 1. The van der Waals surface area contributed by atoms with Crippen molar-refractivity contribution in [2.75, 3.05) is 30.0 Å². The first-order chi connectivity index (χ1) is 32.8. The van der Waals surface area contributed by atoms with E-state index in [1.165, 1.54) is 52.2 Å². The molecule has 2 amide bonds. The Morgan fingerprint density at radius 3 is 1.96 bits per heavy atom. The van der Waals surface area contributed by atoms with Crippen molar-refractivity contribution >= 4 is 75.0 Å². The van der Waals surface area contributed by atoms with E-state index < -0.39 is 46.8 Å². The highest BCUT2D eigenvalue weighted by molar-refractivity contribution is 8.12. The number of hydrazone groups is 1. The number of nitrogens with zero attached hydrogens (tertiary/aromatic N) is 4. The third-order valence-electron chi connectivity index (χ3n) is 10.9. The summed E-state index contributed by atoms with van der Waals surface area (Å²) in [7, 11) is 0. The van der Waals surface area contributed by atoms with E-state index in [0.717, 1.165) is 27.8 Å². The predicted molar refractivity (Wildman–Crippen MR) is 262 cm³/mol. The highest BCUT2D eigenvalue weighted by Crippen LogP contribution is 2.43. The number of thioether (sulfide) groups is 2. The van der Waals surface area contributed by atoms with E-state index in [4.69, 9.17) is 25.1 Å². The molecule has 8 rings (SSSR count). The lowest BCUT2D eigenvalue weighted by Crippen LogP contribution is -2.71. The molecular formula is C50H45N7O7S3. The summed E-state index contributed by atoms with van der Waals surface area (Å²) in [5.74, 6) is 3.27. The highest BCUT2D eigenvalue weighted by Gasteiger charge is 2.55. The summed E-state index contributed by atoms with van der Waals surface area (Å²) in [4.78, 5) is 66.9. The number of nitrogens with two attached hydrogens (primary N) is 1. The van der Waals surface area contributed by atoms with E-state index >= 15 is 0 Å². The van der Waals surface area contributed by atoms with Gasteiger partial charge in [-0.15, -0.1) is 34.9 Å². The van der Waals surface area contributed by atoms with Crippen LogP contribution in [0.15, 0.2) is 179 Å². The number of hydrogen-bond acceptors (Lipinski definition) is 15. The van der Waals surface area contributed by atoms with Crippen LogP contribution in [0.1, 0.15) is 46.5 Å². The van der Waals surface area contributed by atoms with Gasteiger partial charge in [-0.25, -0.2) is 9.78 Å². The van der Waals surface area contributed by atoms with Gasteiger partial charge in [0.25, 0.3) is 11.8 Å². The van der Waals surface area contributed by atoms with Gasteiger partial charge >= 0.3 is 11.9 Å². The molecule has 2 atom stereocenters. The van der Waals surface area contributed by atoms with Crippen LogP contribution in [0.2, 0.25) is 0 Å². The topological polar surface area (TPSA) is 187 Å². The van der Waals surface area contributed by atoms with Crippen LogP contribution in [-0.2, 0) is 39.0 Å². The van der Waals surface area contributed by atoms with Gasteiger partial charge in [-0.1, -0.05) is 157 Å². The first-order valence-electron chi connectivity index (χ1n) is 21.1. The fourth-order valence-corrected chi connectivity index (χ4v) is 10.2. The number of ether oxygens (including phenoxy) is 2. The summed E-state index contributed by atoms with van der Waals surface area (Å²) < 4.78 is 11.6. The minimum atomic E-state index is -1.07. The van der Waals surface area contributed by atoms with Crippen molar-refractivity contribution in [2.24, 2.45) is 16.1 Å². The molecule has 0 aliphatic carbocycles. The standard InChI is InChI=1S/C50H45N7O7S3/c1-33(58)62-29-36-30-66-47-42(46(60)57(47)43(36)48(61)64-44(34-17-7-2-8-18-34)35-19-9-3-10-20-35)54-45(59)41(56-63-27-28-65-32-52-51)40-31-67-49(53-40)55-50(37-21-11-4-12-22-37,38-23-13-5-14-24-38)39-25-15-6-16-26-39/h2-26,31-32,42,44,47H,27-30,51H2,1H3,(H,53,55)(H,54,59)/t42?,47-/m1/s1. The molecule has 1 aromatic heterocycles. The average molecular weight is 952 g/mol. The molecule has 0 bridgehead atoms. The molecule has 0 saturated carbocycles. The number of fused-ring (bicyclic) bond motifs is 1. The van der Waals surface area contributed by atoms with Crippen molar-refractivity contribution < 1.29 is 33.5 Å². The number of carbonyl (C=O) groups excluding carboxylic acids is 4. The van der Waals surface area contributed by atoms with E-state index in [-0.39, 0.29) is 36.1 Å². The zero-order valence-electron chi connectivity index (χ0n) is 36.1. The molecule has 2 aliphatic heterocycles. The Morgan fingerprint density at radius 1 is 0.866 bits per heavy atom. The van der Waals surface area contributed by atoms with Gasteiger partial charge in [0, 0.05) is 29.4 Å². The molecule has 1 saturated heterocycles. The summed E-state index contributed by atoms with van der Waals surface area (Å²) in [6.45, 7) is 1.14. The molecule has 5 aromatic carbocycles. The van der Waals surface area contributed by atoms with Crippen LogP contribution >= 0.6 is 34.9 Å². The lowest BCUT2D eigenvalue weighted by Gasteiger charge is -2.49. The Bertz CT molecular complexity index is 2630. The lowest BCUT2D eigenvalue weighted by molar-refractivity contribution is -0.154. The molecule has 4 N–H and O–H groups in total. The third-order valence-corrected chi connectivity index (χ3v) is 13.6. The maximum Gasteiger partial charge on any atom is 0.356 e. The molecule has 14 nitrogen and oxygen atoms in total. The summed E-state index contributed by atoms with van der Waals surface area (Å²) in [6, 6.07) is 47.5. The molecule has 17 heteroatoms. The Labute approximate surface area is 399 Å². The summed E-state index contributed by atoms with van der Waals surface area (Å²) in [5.41, 5.74) is 5.26. The fraction of sp³-hybridized carbons (Fsp3) is 0.180. The van der Waals surface area contributed by atoms with E-state index in [2.05, 4.69) is 57.3 Å². The SMILES string of the molecule is CC(=O)OCC1=C(C(=O)OC(c2ccccc2)c2ccccc2)N2C(=O)C(NC(=O)C(=NOCCSC=NN)c3csc(NC(c4ccccc4)(c4ccccc4)c4ccccc4)n3)[C@H]2SC1.